The summed E-state index contributed by atoms with van der Waals surface area (Å²) in [6.45, 7) is 6.35. The summed E-state index contributed by atoms with van der Waals surface area (Å²) in [5, 5.41) is 11.0. The molecular formula is C21H34O3. The maximum Gasteiger partial charge on any atom is 0.174 e. The Labute approximate surface area is 146 Å². The molecule has 1 N–H and O–H groups in total. The van der Waals surface area contributed by atoms with Gasteiger partial charge in [-0.2, -0.15) is 0 Å². The summed E-state index contributed by atoms with van der Waals surface area (Å²) in [4.78, 5) is 0. The molecule has 1 aliphatic heterocycles. The van der Waals surface area contributed by atoms with E-state index in [1.165, 1.54) is 38.5 Å². The highest BCUT2D eigenvalue weighted by Crippen LogP contribution is 2.67. The normalized spacial score (nSPS) is 55.9. The number of rotatable bonds is 0. The summed E-state index contributed by atoms with van der Waals surface area (Å²) < 4.78 is 12.4. The van der Waals surface area contributed by atoms with Crippen LogP contribution < -0.4 is 0 Å². The smallest absolute Gasteiger partial charge is 0.174 e. The van der Waals surface area contributed by atoms with Gasteiger partial charge in [-0.1, -0.05) is 20.3 Å². The largest absolute Gasteiger partial charge is 0.393 e. The SMILES string of the molecule is C[C@H]1CC[C@@H]2[C@H]3CC[C@@]4(C)[C@@H](CCC45OCCO5)[C@@H]3C[C@H](O)[C@H]2C1. The van der Waals surface area contributed by atoms with Gasteiger partial charge in [0.1, 0.15) is 0 Å². The summed E-state index contributed by atoms with van der Waals surface area (Å²) in [5.74, 6) is 4.09. The Morgan fingerprint density at radius 3 is 2.38 bits per heavy atom. The van der Waals surface area contributed by atoms with Gasteiger partial charge in [-0.05, 0) is 74.0 Å². The third-order valence-electron chi connectivity index (χ3n) is 9.07. The molecule has 1 spiro atoms. The van der Waals surface area contributed by atoms with Crippen molar-refractivity contribution in [2.24, 2.45) is 40.9 Å². The molecule has 0 unspecified atom stereocenters. The first-order valence-corrected chi connectivity index (χ1v) is 10.5. The van der Waals surface area contributed by atoms with Crippen molar-refractivity contribution >= 4 is 0 Å². The van der Waals surface area contributed by atoms with Gasteiger partial charge in [-0.3, -0.25) is 0 Å². The zero-order chi connectivity index (χ0) is 16.5. The lowest BCUT2D eigenvalue weighted by molar-refractivity contribution is -0.246. The minimum atomic E-state index is -0.300. The molecule has 5 rings (SSSR count). The molecule has 0 bridgehead atoms. The molecule has 4 aliphatic carbocycles. The van der Waals surface area contributed by atoms with E-state index in [0.717, 1.165) is 43.8 Å². The first-order chi connectivity index (χ1) is 11.5. The Bertz CT molecular complexity index is 499. The van der Waals surface area contributed by atoms with E-state index in [1.807, 2.05) is 0 Å². The lowest BCUT2D eigenvalue weighted by Crippen LogP contribution is -2.56. The van der Waals surface area contributed by atoms with Crippen molar-refractivity contribution in [2.75, 3.05) is 13.2 Å². The fourth-order valence-corrected chi connectivity index (χ4v) is 7.95. The molecular weight excluding hydrogens is 300 g/mol. The van der Waals surface area contributed by atoms with E-state index in [9.17, 15) is 5.11 Å². The van der Waals surface area contributed by atoms with Gasteiger partial charge in [0.05, 0.1) is 19.3 Å². The molecule has 4 saturated carbocycles. The number of ether oxygens (including phenoxy) is 2. The molecule has 0 aromatic rings. The summed E-state index contributed by atoms with van der Waals surface area (Å²) in [6.07, 6.45) is 9.84. The van der Waals surface area contributed by atoms with Crippen molar-refractivity contribution in [1.29, 1.82) is 0 Å². The maximum atomic E-state index is 11.0. The van der Waals surface area contributed by atoms with Crippen LogP contribution in [0.5, 0.6) is 0 Å². The van der Waals surface area contributed by atoms with E-state index in [2.05, 4.69) is 13.8 Å². The number of aliphatic hydroxyl groups excluding tert-OH is 1. The Kier molecular flexibility index (Phi) is 3.64. The predicted octanol–water partition coefficient (Wildman–Crippen LogP) is 3.99. The molecule has 3 heteroatoms. The van der Waals surface area contributed by atoms with Gasteiger partial charge in [-0.25, -0.2) is 0 Å². The summed E-state index contributed by atoms with van der Waals surface area (Å²) in [7, 11) is 0. The molecule has 0 radical (unpaired) electrons. The minimum absolute atomic E-state index is 0.0664. The molecule has 5 aliphatic rings. The Balaban J connectivity index is 1.44. The van der Waals surface area contributed by atoms with Crippen LogP contribution in [-0.4, -0.2) is 30.2 Å². The molecule has 24 heavy (non-hydrogen) atoms. The molecule has 3 nitrogen and oxygen atoms in total. The highest BCUT2D eigenvalue weighted by atomic mass is 16.7. The summed E-state index contributed by atoms with van der Waals surface area (Å²) in [5.41, 5.74) is 0.166. The Morgan fingerprint density at radius 2 is 1.58 bits per heavy atom. The molecule has 0 aromatic carbocycles. The second-order valence-corrected chi connectivity index (χ2v) is 9.93. The van der Waals surface area contributed by atoms with Gasteiger partial charge >= 0.3 is 0 Å². The van der Waals surface area contributed by atoms with Gasteiger partial charge in [0.25, 0.3) is 0 Å². The van der Waals surface area contributed by atoms with Gasteiger partial charge in [0, 0.05) is 11.8 Å². The van der Waals surface area contributed by atoms with Crippen LogP contribution in [0, 0.1) is 40.9 Å². The standard InChI is InChI=1S/C21H34O3/c1-13-3-4-14-15-5-7-20(2)18(6-8-21(20)23-9-10-24-21)16(15)12-19(22)17(14)11-13/h13-19,22H,3-12H2,1-2H3/t13-,14+,15+,16+,17-,18-,19-,20-/m0/s1. The molecule has 8 atom stereocenters. The number of fused-ring (bicyclic) bond motifs is 6. The third-order valence-corrected chi connectivity index (χ3v) is 9.07. The second kappa shape index (κ2) is 5.44. The van der Waals surface area contributed by atoms with Crippen LogP contribution in [0.4, 0.5) is 0 Å². The maximum absolute atomic E-state index is 11.0. The first kappa shape index (κ1) is 16.1. The average Bonchev–Trinajstić information content (AvgIpc) is 3.15. The van der Waals surface area contributed by atoms with Crippen LogP contribution in [-0.2, 0) is 9.47 Å². The lowest BCUT2D eigenvalue weighted by atomic mass is 9.49. The monoisotopic (exact) mass is 334 g/mol. The quantitative estimate of drug-likeness (QED) is 0.728. The van der Waals surface area contributed by atoms with Crippen molar-refractivity contribution in [3.8, 4) is 0 Å². The van der Waals surface area contributed by atoms with Gasteiger partial charge in [0.2, 0.25) is 0 Å². The van der Waals surface area contributed by atoms with Crippen molar-refractivity contribution in [1.82, 2.24) is 0 Å². The van der Waals surface area contributed by atoms with Gasteiger partial charge < -0.3 is 14.6 Å². The third kappa shape index (κ3) is 2.01. The van der Waals surface area contributed by atoms with E-state index in [0.29, 0.717) is 17.8 Å². The van der Waals surface area contributed by atoms with E-state index in [-0.39, 0.29) is 17.3 Å². The summed E-state index contributed by atoms with van der Waals surface area (Å²) >= 11 is 0. The van der Waals surface area contributed by atoms with Crippen molar-refractivity contribution < 1.29 is 14.6 Å². The molecule has 1 saturated heterocycles. The van der Waals surface area contributed by atoms with Crippen LogP contribution in [0.1, 0.15) is 65.2 Å². The van der Waals surface area contributed by atoms with Gasteiger partial charge in [0.15, 0.2) is 5.79 Å². The van der Waals surface area contributed by atoms with Crippen molar-refractivity contribution in [2.45, 2.75) is 77.1 Å². The highest BCUT2D eigenvalue weighted by Gasteiger charge is 2.66. The van der Waals surface area contributed by atoms with Crippen molar-refractivity contribution in [3.63, 3.8) is 0 Å². The van der Waals surface area contributed by atoms with E-state index < -0.39 is 0 Å². The molecule has 0 amide bonds. The number of hydrogen-bond donors (Lipinski definition) is 1. The number of hydrogen-bond acceptors (Lipinski definition) is 3. The topological polar surface area (TPSA) is 38.7 Å². The number of aliphatic hydroxyl groups is 1. The highest BCUT2D eigenvalue weighted by molar-refractivity contribution is 5.11. The molecule has 136 valence electrons. The van der Waals surface area contributed by atoms with Crippen molar-refractivity contribution in [3.05, 3.63) is 0 Å². The first-order valence-electron chi connectivity index (χ1n) is 10.5. The van der Waals surface area contributed by atoms with E-state index in [4.69, 9.17) is 9.47 Å². The van der Waals surface area contributed by atoms with Crippen LogP contribution in [0.3, 0.4) is 0 Å². The van der Waals surface area contributed by atoms with Crippen LogP contribution in [0.15, 0.2) is 0 Å². The second-order valence-electron chi connectivity index (χ2n) is 9.93. The minimum Gasteiger partial charge on any atom is -0.393 e. The fraction of sp³-hybridized carbons (Fsp3) is 1.00. The summed E-state index contributed by atoms with van der Waals surface area (Å²) in [6, 6.07) is 0. The van der Waals surface area contributed by atoms with E-state index in [1.54, 1.807) is 0 Å². The predicted molar refractivity (Wildman–Crippen MR) is 92.3 cm³/mol. The zero-order valence-corrected chi connectivity index (χ0v) is 15.4. The zero-order valence-electron chi connectivity index (χ0n) is 15.4. The fourth-order valence-electron chi connectivity index (χ4n) is 7.95. The molecule has 1 heterocycles. The van der Waals surface area contributed by atoms with Crippen LogP contribution in [0.2, 0.25) is 0 Å². The lowest BCUT2D eigenvalue weighted by Gasteiger charge is -2.58. The molecule has 0 aromatic heterocycles. The van der Waals surface area contributed by atoms with E-state index >= 15 is 0 Å². The Morgan fingerprint density at radius 1 is 0.833 bits per heavy atom. The average molecular weight is 334 g/mol. The molecule has 5 fully saturated rings. The Hall–Kier alpha value is -0.120. The van der Waals surface area contributed by atoms with Gasteiger partial charge in [-0.15, -0.1) is 0 Å². The van der Waals surface area contributed by atoms with Crippen LogP contribution in [0.25, 0.3) is 0 Å². The van der Waals surface area contributed by atoms with Crippen LogP contribution >= 0.6 is 0 Å².